The lowest BCUT2D eigenvalue weighted by Crippen LogP contribution is -2.49. The van der Waals surface area contributed by atoms with E-state index in [9.17, 15) is 4.79 Å². The Kier molecular flexibility index (Phi) is 4.25. The van der Waals surface area contributed by atoms with Crippen molar-refractivity contribution in [1.29, 1.82) is 0 Å². The average Bonchev–Trinajstić information content (AvgIpc) is 2.96. The zero-order valence-corrected chi connectivity index (χ0v) is 14.6. The van der Waals surface area contributed by atoms with E-state index in [1.165, 1.54) is 24.8 Å². The minimum atomic E-state index is 0.0696. The SMILES string of the molecule is C[C@H](CN[C@@H]1CC2(CCC2)Oc2ccccc21)CN1CCCC1=O. The number of carbonyl (C=O) groups excluding carboxylic acids is 1. The van der Waals surface area contributed by atoms with Crippen LogP contribution in [0.25, 0.3) is 0 Å². The predicted octanol–water partition coefficient (Wildman–Crippen LogP) is 3.28. The molecule has 2 aliphatic heterocycles. The highest BCUT2D eigenvalue weighted by atomic mass is 16.5. The Morgan fingerprint density at radius 1 is 1.33 bits per heavy atom. The first kappa shape index (κ1) is 15.9. The number of hydrogen-bond donors (Lipinski definition) is 1. The summed E-state index contributed by atoms with van der Waals surface area (Å²) in [6.07, 6.45) is 6.46. The van der Waals surface area contributed by atoms with E-state index < -0.39 is 0 Å². The molecule has 0 aromatic heterocycles. The average molecular weight is 328 g/mol. The Morgan fingerprint density at radius 2 is 2.17 bits per heavy atom. The molecule has 1 spiro atoms. The van der Waals surface area contributed by atoms with E-state index in [-0.39, 0.29) is 5.60 Å². The summed E-state index contributed by atoms with van der Waals surface area (Å²) in [5.41, 5.74) is 1.36. The van der Waals surface area contributed by atoms with Crippen LogP contribution in [0.4, 0.5) is 0 Å². The zero-order valence-electron chi connectivity index (χ0n) is 14.6. The monoisotopic (exact) mass is 328 g/mol. The number of ether oxygens (including phenoxy) is 1. The molecule has 0 bridgehead atoms. The van der Waals surface area contributed by atoms with Crippen molar-refractivity contribution in [2.45, 2.75) is 57.1 Å². The second kappa shape index (κ2) is 6.40. The maximum Gasteiger partial charge on any atom is 0.222 e. The standard InChI is InChI=1S/C20H28N2O2/c1-15(14-22-11-4-8-19(22)23)13-21-17-12-20(9-5-10-20)24-18-7-3-2-6-16(17)18/h2-3,6-7,15,17,21H,4-5,8-14H2,1H3/t15-,17-/m1/s1. The van der Waals surface area contributed by atoms with Gasteiger partial charge in [-0.3, -0.25) is 4.79 Å². The predicted molar refractivity (Wildman–Crippen MR) is 94.0 cm³/mol. The molecule has 0 unspecified atom stereocenters. The van der Waals surface area contributed by atoms with E-state index >= 15 is 0 Å². The lowest BCUT2D eigenvalue weighted by Gasteiger charge is -2.48. The molecule has 1 saturated carbocycles. The van der Waals surface area contributed by atoms with Crippen molar-refractivity contribution in [3.63, 3.8) is 0 Å². The van der Waals surface area contributed by atoms with Crippen molar-refractivity contribution in [2.75, 3.05) is 19.6 Å². The van der Waals surface area contributed by atoms with Gasteiger partial charge < -0.3 is 15.0 Å². The van der Waals surface area contributed by atoms with Crippen LogP contribution in [0.1, 0.15) is 57.1 Å². The van der Waals surface area contributed by atoms with Gasteiger partial charge in [-0.25, -0.2) is 0 Å². The fraction of sp³-hybridized carbons (Fsp3) is 0.650. The number of amides is 1. The molecule has 1 N–H and O–H groups in total. The molecule has 3 aliphatic rings. The third-order valence-electron chi connectivity index (χ3n) is 5.88. The molecule has 4 nitrogen and oxygen atoms in total. The molecular formula is C20H28N2O2. The molecular weight excluding hydrogens is 300 g/mol. The largest absolute Gasteiger partial charge is 0.487 e. The Labute approximate surface area is 144 Å². The summed E-state index contributed by atoms with van der Waals surface area (Å²) in [4.78, 5) is 13.8. The molecule has 0 radical (unpaired) electrons. The first-order valence-electron chi connectivity index (χ1n) is 9.44. The third kappa shape index (κ3) is 3.04. The van der Waals surface area contributed by atoms with Gasteiger partial charge in [-0.05, 0) is 44.2 Å². The molecule has 1 amide bonds. The van der Waals surface area contributed by atoms with Gasteiger partial charge in [0.05, 0.1) is 0 Å². The van der Waals surface area contributed by atoms with Gasteiger partial charge in [0.1, 0.15) is 11.4 Å². The zero-order chi connectivity index (χ0) is 16.6. The van der Waals surface area contributed by atoms with Gasteiger partial charge in [-0.15, -0.1) is 0 Å². The van der Waals surface area contributed by atoms with E-state index in [4.69, 9.17) is 4.74 Å². The van der Waals surface area contributed by atoms with Crippen molar-refractivity contribution in [2.24, 2.45) is 5.92 Å². The number of nitrogens with zero attached hydrogens (tertiary/aromatic N) is 1. The number of nitrogens with one attached hydrogen (secondary N) is 1. The van der Waals surface area contributed by atoms with Gasteiger partial charge in [0, 0.05) is 37.5 Å². The number of likely N-dealkylation sites (tertiary alicyclic amines) is 1. The van der Waals surface area contributed by atoms with Crippen LogP contribution in [-0.4, -0.2) is 36.0 Å². The van der Waals surface area contributed by atoms with E-state index in [0.29, 0.717) is 17.9 Å². The van der Waals surface area contributed by atoms with Crippen LogP contribution in [0, 0.1) is 5.92 Å². The van der Waals surface area contributed by atoms with E-state index in [2.05, 4.69) is 36.5 Å². The minimum Gasteiger partial charge on any atom is -0.487 e. The van der Waals surface area contributed by atoms with E-state index in [0.717, 1.165) is 44.6 Å². The first-order valence-corrected chi connectivity index (χ1v) is 9.44. The summed E-state index contributed by atoms with van der Waals surface area (Å²) in [6.45, 7) is 5.00. The quantitative estimate of drug-likeness (QED) is 0.902. The molecule has 4 rings (SSSR count). The molecule has 130 valence electrons. The van der Waals surface area contributed by atoms with Gasteiger partial charge in [-0.1, -0.05) is 25.1 Å². The van der Waals surface area contributed by atoms with Crippen LogP contribution in [0.2, 0.25) is 0 Å². The summed E-state index contributed by atoms with van der Waals surface area (Å²) in [6, 6.07) is 8.83. The van der Waals surface area contributed by atoms with Crippen LogP contribution in [0.3, 0.4) is 0 Å². The molecule has 1 aromatic rings. The number of fused-ring (bicyclic) bond motifs is 1. The normalized spacial score (nSPS) is 26.0. The second-order valence-corrected chi connectivity index (χ2v) is 7.89. The molecule has 1 saturated heterocycles. The van der Waals surface area contributed by atoms with Crippen LogP contribution in [-0.2, 0) is 4.79 Å². The van der Waals surface area contributed by atoms with Gasteiger partial charge >= 0.3 is 0 Å². The van der Waals surface area contributed by atoms with Crippen molar-refractivity contribution in [3.05, 3.63) is 29.8 Å². The molecule has 24 heavy (non-hydrogen) atoms. The second-order valence-electron chi connectivity index (χ2n) is 7.89. The molecule has 1 aromatic carbocycles. The fourth-order valence-corrected chi connectivity index (χ4v) is 4.36. The summed E-state index contributed by atoms with van der Waals surface area (Å²) in [5, 5.41) is 3.77. The summed E-state index contributed by atoms with van der Waals surface area (Å²) < 4.78 is 6.32. The van der Waals surface area contributed by atoms with Gasteiger partial charge in [0.25, 0.3) is 0 Å². The lowest BCUT2D eigenvalue weighted by molar-refractivity contribution is -0.128. The highest BCUT2D eigenvalue weighted by molar-refractivity contribution is 5.78. The Morgan fingerprint density at radius 3 is 2.88 bits per heavy atom. The molecule has 2 fully saturated rings. The van der Waals surface area contributed by atoms with Crippen molar-refractivity contribution in [3.8, 4) is 5.75 Å². The highest BCUT2D eigenvalue weighted by Gasteiger charge is 2.45. The minimum absolute atomic E-state index is 0.0696. The molecule has 1 aliphatic carbocycles. The molecule has 4 heteroatoms. The molecule has 2 atom stereocenters. The number of benzene rings is 1. The Hall–Kier alpha value is -1.55. The van der Waals surface area contributed by atoms with Gasteiger partial charge in [-0.2, -0.15) is 0 Å². The van der Waals surface area contributed by atoms with E-state index in [1.807, 2.05) is 4.90 Å². The van der Waals surface area contributed by atoms with E-state index in [1.54, 1.807) is 0 Å². The van der Waals surface area contributed by atoms with Crippen LogP contribution >= 0.6 is 0 Å². The number of para-hydroxylation sites is 1. The molecule has 2 heterocycles. The Bertz CT molecular complexity index is 611. The van der Waals surface area contributed by atoms with Gasteiger partial charge in [0.15, 0.2) is 0 Å². The lowest BCUT2D eigenvalue weighted by atomic mass is 9.73. The topological polar surface area (TPSA) is 41.6 Å². The van der Waals surface area contributed by atoms with Crippen LogP contribution in [0.5, 0.6) is 5.75 Å². The third-order valence-corrected chi connectivity index (χ3v) is 5.88. The summed E-state index contributed by atoms with van der Waals surface area (Å²) >= 11 is 0. The van der Waals surface area contributed by atoms with Gasteiger partial charge in [0.2, 0.25) is 5.91 Å². The smallest absolute Gasteiger partial charge is 0.222 e. The van der Waals surface area contributed by atoms with Crippen molar-refractivity contribution < 1.29 is 9.53 Å². The van der Waals surface area contributed by atoms with Crippen molar-refractivity contribution >= 4 is 5.91 Å². The Balaban J connectivity index is 1.39. The summed E-state index contributed by atoms with van der Waals surface area (Å²) in [7, 11) is 0. The number of carbonyl (C=O) groups is 1. The van der Waals surface area contributed by atoms with Crippen molar-refractivity contribution in [1.82, 2.24) is 10.2 Å². The van der Waals surface area contributed by atoms with Crippen LogP contribution in [0.15, 0.2) is 24.3 Å². The maximum atomic E-state index is 11.8. The van der Waals surface area contributed by atoms with Crippen LogP contribution < -0.4 is 10.1 Å². The first-order chi connectivity index (χ1) is 11.7. The maximum absolute atomic E-state index is 11.8. The summed E-state index contributed by atoms with van der Waals surface area (Å²) in [5.74, 6) is 1.86. The number of hydrogen-bond acceptors (Lipinski definition) is 3. The number of rotatable bonds is 5. The highest BCUT2D eigenvalue weighted by Crippen LogP contribution is 2.48. The fourth-order valence-electron chi connectivity index (χ4n) is 4.36.